The average Bonchev–Trinajstić information content (AvgIpc) is 2.58. The molecule has 1 aromatic heterocycles. The highest BCUT2D eigenvalue weighted by Crippen LogP contribution is 2.23. The summed E-state index contributed by atoms with van der Waals surface area (Å²) in [4.78, 5) is 26.8. The van der Waals surface area contributed by atoms with Gasteiger partial charge in [-0.25, -0.2) is 9.78 Å². The van der Waals surface area contributed by atoms with Crippen molar-refractivity contribution in [1.82, 2.24) is 10.3 Å². The van der Waals surface area contributed by atoms with Gasteiger partial charge in [0.15, 0.2) is 0 Å². The number of aromatic carboxylic acids is 1. The van der Waals surface area contributed by atoms with Crippen LogP contribution in [0.4, 0.5) is 0 Å². The molecule has 5 nitrogen and oxygen atoms in total. The van der Waals surface area contributed by atoms with Crippen molar-refractivity contribution in [1.29, 1.82) is 0 Å². The Morgan fingerprint density at radius 3 is 2.50 bits per heavy atom. The van der Waals surface area contributed by atoms with E-state index in [9.17, 15) is 9.59 Å². The number of hydrogen-bond acceptors (Lipinski definition) is 4. The number of allylic oxidation sites excluding steroid dienone is 1. The van der Waals surface area contributed by atoms with Crippen LogP contribution in [0.2, 0.25) is 0 Å². The van der Waals surface area contributed by atoms with Gasteiger partial charge in [0.05, 0.1) is 11.7 Å². The van der Waals surface area contributed by atoms with Crippen LogP contribution >= 0.6 is 11.3 Å². The van der Waals surface area contributed by atoms with Gasteiger partial charge in [0.25, 0.3) is 0 Å². The number of hydrogen-bond donors (Lipinski definition) is 2. The summed E-state index contributed by atoms with van der Waals surface area (Å²) in [5.41, 5.74) is 1.38. The van der Waals surface area contributed by atoms with Crippen LogP contribution in [0.25, 0.3) is 0 Å². The molecule has 0 aromatic carbocycles. The van der Waals surface area contributed by atoms with Crippen LogP contribution in [0.15, 0.2) is 11.6 Å². The molecule has 6 heteroatoms. The van der Waals surface area contributed by atoms with Crippen LogP contribution in [0.1, 0.15) is 47.2 Å². The first-order valence-corrected chi connectivity index (χ1v) is 6.29. The van der Waals surface area contributed by atoms with Crippen molar-refractivity contribution in [2.75, 3.05) is 0 Å². The van der Waals surface area contributed by atoms with Crippen LogP contribution < -0.4 is 5.32 Å². The molecule has 0 saturated carbocycles. The molecule has 2 N–H and O–H groups in total. The summed E-state index contributed by atoms with van der Waals surface area (Å²) in [7, 11) is 0. The van der Waals surface area contributed by atoms with Crippen molar-refractivity contribution in [2.24, 2.45) is 0 Å². The highest BCUT2D eigenvalue weighted by molar-refractivity contribution is 7.13. The topological polar surface area (TPSA) is 79.3 Å². The normalized spacial score (nSPS) is 11.8. The second kappa shape index (κ2) is 5.77. The summed E-state index contributed by atoms with van der Waals surface area (Å²) in [5.74, 6) is -1.19. The molecule has 1 unspecified atom stereocenters. The zero-order chi connectivity index (χ0) is 13.9. The third kappa shape index (κ3) is 3.66. The number of carbonyl (C=O) groups is 2. The second-order valence-corrected chi connectivity index (χ2v) is 5.25. The van der Waals surface area contributed by atoms with Gasteiger partial charge in [-0.2, -0.15) is 0 Å². The van der Waals surface area contributed by atoms with Crippen molar-refractivity contribution in [3.63, 3.8) is 0 Å². The number of thiazole rings is 1. The number of nitrogens with one attached hydrogen (secondary N) is 1. The third-order valence-corrected chi connectivity index (χ3v) is 3.48. The first kappa shape index (κ1) is 14.4. The van der Waals surface area contributed by atoms with E-state index in [0.717, 1.165) is 16.9 Å². The Bertz CT molecular complexity index is 501. The monoisotopic (exact) mass is 268 g/mol. The summed E-state index contributed by atoms with van der Waals surface area (Å²) >= 11 is 1.09. The van der Waals surface area contributed by atoms with E-state index in [0.29, 0.717) is 10.7 Å². The van der Waals surface area contributed by atoms with E-state index in [-0.39, 0.29) is 16.8 Å². The molecule has 0 aliphatic heterocycles. The molecular weight excluding hydrogens is 252 g/mol. The summed E-state index contributed by atoms with van der Waals surface area (Å²) < 4.78 is 0. The van der Waals surface area contributed by atoms with E-state index >= 15 is 0 Å². The fourth-order valence-corrected chi connectivity index (χ4v) is 2.29. The number of aryl methyl sites for hydroxylation is 1. The van der Waals surface area contributed by atoms with Crippen molar-refractivity contribution in [3.05, 3.63) is 27.2 Å². The quantitative estimate of drug-likeness (QED) is 0.821. The number of aromatic nitrogens is 1. The van der Waals surface area contributed by atoms with E-state index < -0.39 is 5.97 Å². The molecule has 0 spiro atoms. The SMILES string of the molecule is CC(C)=CC(=O)NC(C)c1nc(C)c(C(=O)O)s1. The van der Waals surface area contributed by atoms with Crippen molar-refractivity contribution in [2.45, 2.75) is 33.7 Å². The summed E-state index contributed by atoms with van der Waals surface area (Å²) in [5, 5.41) is 12.3. The van der Waals surface area contributed by atoms with Gasteiger partial charge in [-0.15, -0.1) is 11.3 Å². The smallest absolute Gasteiger partial charge is 0.347 e. The van der Waals surface area contributed by atoms with Gasteiger partial charge in [0.2, 0.25) is 5.91 Å². The lowest BCUT2D eigenvalue weighted by molar-refractivity contribution is -0.117. The second-order valence-electron chi connectivity index (χ2n) is 4.22. The number of rotatable bonds is 4. The minimum absolute atomic E-state index is 0.202. The molecule has 0 aliphatic carbocycles. The minimum atomic E-state index is -0.987. The van der Waals surface area contributed by atoms with E-state index in [4.69, 9.17) is 5.11 Å². The van der Waals surface area contributed by atoms with Crippen molar-refractivity contribution >= 4 is 23.2 Å². The largest absolute Gasteiger partial charge is 0.477 e. The maximum Gasteiger partial charge on any atom is 0.347 e. The summed E-state index contributed by atoms with van der Waals surface area (Å²) in [6.45, 7) is 7.09. The predicted octanol–water partition coefficient (Wildman–Crippen LogP) is 2.29. The molecule has 1 aromatic rings. The van der Waals surface area contributed by atoms with Gasteiger partial charge in [-0.3, -0.25) is 4.79 Å². The minimum Gasteiger partial charge on any atom is -0.477 e. The van der Waals surface area contributed by atoms with Gasteiger partial charge in [-0.05, 0) is 27.7 Å². The van der Waals surface area contributed by atoms with E-state index in [1.54, 1.807) is 13.8 Å². The molecule has 0 radical (unpaired) electrons. The molecule has 1 heterocycles. The molecule has 1 rings (SSSR count). The maximum atomic E-state index is 11.5. The van der Waals surface area contributed by atoms with Crippen LogP contribution in [-0.2, 0) is 4.79 Å². The Labute approximate surface area is 110 Å². The van der Waals surface area contributed by atoms with Gasteiger partial charge in [-0.1, -0.05) is 5.57 Å². The Hall–Kier alpha value is -1.69. The fraction of sp³-hybridized carbons (Fsp3) is 0.417. The molecule has 18 heavy (non-hydrogen) atoms. The van der Waals surface area contributed by atoms with Crippen LogP contribution in [-0.4, -0.2) is 22.0 Å². The molecule has 0 aliphatic rings. The molecular formula is C12H16N2O3S. The molecule has 98 valence electrons. The third-order valence-electron chi connectivity index (χ3n) is 2.16. The van der Waals surface area contributed by atoms with Crippen molar-refractivity contribution in [3.8, 4) is 0 Å². The van der Waals surface area contributed by atoms with Crippen LogP contribution in [0, 0.1) is 6.92 Å². The molecule has 0 bridgehead atoms. The summed E-state index contributed by atoms with van der Waals surface area (Å²) in [6, 6.07) is -0.301. The number of nitrogens with zero attached hydrogens (tertiary/aromatic N) is 1. The lowest BCUT2D eigenvalue weighted by Gasteiger charge is -2.09. The Balaban J connectivity index is 2.82. The zero-order valence-electron chi connectivity index (χ0n) is 10.8. The molecule has 0 fully saturated rings. The van der Waals surface area contributed by atoms with Gasteiger partial charge < -0.3 is 10.4 Å². The zero-order valence-corrected chi connectivity index (χ0v) is 11.6. The highest BCUT2D eigenvalue weighted by atomic mass is 32.1. The summed E-state index contributed by atoms with van der Waals surface area (Å²) in [6.07, 6.45) is 1.50. The Morgan fingerprint density at radius 2 is 2.06 bits per heavy atom. The Morgan fingerprint density at radius 1 is 1.44 bits per heavy atom. The lowest BCUT2D eigenvalue weighted by Crippen LogP contribution is -2.24. The highest BCUT2D eigenvalue weighted by Gasteiger charge is 2.18. The first-order valence-electron chi connectivity index (χ1n) is 5.47. The molecule has 0 saturated heterocycles. The number of carbonyl (C=O) groups excluding carboxylic acids is 1. The standard InChI is InChI=1S/C12H16N2O3S/c1-6(2)5-9(15)13-8(4)11-14-7(3)10(18-11)12(16)17/h5,8H,1-4H3,(H,13,15)(H,16,17). The predicted molar refractivity (Wildman–Crippen MR) is 69.8 cm³/mol. The number of carboxylic acid groups (broad SMARTS) is 1. The van der Waals surface area contributed by atoms with E-state index in [1.807, 2.05) is 13.8 Å². The molecule has 1 atom stereocenters. The molecule has 1 amide bonds. The van der Waals surface area contributed by atoms with Crippen molar-refractivity contribution < 1.29 is 14.7 Å². The van der Waals surface area contributed by atoms with E-state index in [2.05, 4.69) is 10.3 Å². The lowest BCUT2D eigenvalue weighted by atomic mass is 10.3. The number of carboxylic acids is 1. The fourth-order valence-electron chi connectivity index (χ4n) is 1.38. The van der Waals surface area contributed by atoms with Crippen LogP contribution in [0.3, 0.4) is 0 Å². The Kier molecular flexibility index (Phi) is 4.61. The average molecular weight is 268 g/mol. The van der Waals surface area contributed by atoms with Gasteiger partial charge in [0, 0.05) is 6.08 Å². The first-order chi connectivity index (χ1) is 8.31. The number of amides is 1. The van der Waals surface area contributed by atoms with Crippen LogP contribution in [0.5, 0.6) is 0 Å². The maximum absolute atomic E-state index is 11.5. The van der Waals surface area contributed by atoms with E-state index in [1.165, 1.54) is 6.08 Å². The van der Waals surface area contributed by atoms with Gasteiger partial charge in [0.1, 0.15) is 9.88 Å². The van der Waals surface area contributed by atoms with Gasteiger partial charge >= 0.3 is 5.97 Å².